The highest BCUT2D eigenvalue weighted by molar-refractivity contribution is 7.22. The van der Waals surface area contributed by atoms with E-state index in [1.165, 1.54) is 17.4 Å². The van der Waals surface area contributed by atoms with Gasteiger partial charge in [-0.15, -0.1) is 0 Å². The molecule has 0 aliphatic heterocycles. The third kappa shape index (κ3) is 4.81. The fourth-order valence-electron chi connectivity index (χ4n) is 2.66. The number of aromatic nitrogens is 1. The topological polar surface area (TPSA) is 45.7 Å². The Morgan fingerprint density at radius 3 is 2.67 bits per heavy atom. The first-order valence-electron chi connectivity index (χ1n) is 8.80. The van der Waals surface area contributed by atoms with Crippen LogP contribution in [0.15, 0.2) is 48.5 Å². The number of hydrogen-bond acceptors (Lipinski definition) is 5. The molecule has 0 radical (unpaired) electrons. The number of likely N-dealkylation sites (N-methyl/N-ethyl adjacent to an activating group) is 2. The van der Waals surface area contributed by atoms with Crippen molar-refractivity contribution in [2.75, 3.05) is 38.2 Å². The molecule has 1 heterocycles. The van der Waals surface area contributed by atoms with E-state index in [4.69, 9.17) is 4.74 Å². The SMILES string of the molecule is CCN(C(=O)CN(C)CCOc1ccccc1F)c1nc2ccccc2s1. The normalized spacial score (nSPS) is 11.1. The molecule has 0 aliphatic carbocycles. The molecule has 3 rings (SSSR count). The van der Waals surface area contributed by atoms with Crippen molar-refractivity contribution in [1.29, 1.82) is 0 Å². The summed E-state index contributed by atoms with van der Waals surface area (Å²) in [5.74, 6) is -0.184. The Labute approximate surface area is 162 Å². The van der Waals surface area contributed by atoms with Crippen LogP contribution in [-0.4, -0.2) is 49.1 Å². The summed E-state index contributed by atoms with van der Waals surface area (Å²) in [6, 6.07) is 14.1. The maximum Gasteiger partial charge on any atom is 0.242 e. The van der Waals surface area contributed by atoms with Gasteiger partial charge in [0.1, 0.15) is 6.61 Å². The van der Waals surface area contributed by atoms with Gasteiger partial charge in [-0.3, -0.25) is 14.6 Å². The van der Waals surface area contributed by atoms with Crippen LogP contribution in [0.3, 0.4) is 0 Å². The number of para-hydroxylation sites is 2. The van der Waals surface area contributed by atoms with Gasteiger partial charge in [0.05, 0.1) is 16.8 Å². The molecular formula is C20H22FN3O2S. The van der Waals surface area contributed by atoms with E-state index in [9.17, 15) is 9.18 Å². The molecule has 1 aromatic heterocycles. The van der Waals surface area contributed by atoms with E-state index < -0.39 is 0 Å². The second kappa shape index (κ2) is 8.92. The maximum atomic E-state index is 13.5. The minimum atomic E-state index is -0.385. The fourth-order valence-corrected chi connectivity index (χ4v) is 3.71. The van der Waals surface area contributed by atoms with E-state index in [0.29, 0.717) is 24.8 Å². The van der Waals surface area contributed by atoms with Gasteiger partial charge < -0.3 is 4.74 Å². The van der Waals surface area contributed by atoms with Gasteiger partial charge >= 0.3 is 0 Å². The number of benzene rings is 2. The molecule has 27 heavy (non-hydrogen) atoms. The number of carbonyl (C=O) groups is 1. The molecule has 0 saturated heterocycles. The molecule has 0 saturated carbocycles. The lowest BCUT2D eigenvalue weighted by molar-refractivity contribution is -0.119. The van der Waals surface area contributed by atoms with Gasteiger partial charge in [0.2, 0.25) is 5.91 Å². The number of ether oxygens (including phenoxy) is 1. The number of amides is 1. The van der Waals surface area contributed by atoms with Crippen LogP contribution >= 0.6 is 11.3 Å². The molecule has 1 amide bonds. The standard InChI is InChI=1S/C20H22FN3O2S/c1-3-24(20-22-16-9-5-7-11-18(16)27-20)19(25)14-23(2)12-13-26-17-10-6-4-8-15(17)21/h4-11H,3,12-14H2,1-2H3. The van der Waals surface area contributed by atoms with E-state index in [-0.39, 0.29) is 24.0 Å². The van der Waals surface area contributed by atoms with Gasteiger partial charge in [-0.25, -0.2) is 9.37 Å². The zero-order valence-corrected chi connectivity index (χ0v) is 16.2. The minimum Gasteiger partial charge on any atom is -0.489 e. The summed E-state index contributed by atoms with van der Waals surface area (Å²) in [5, 5.41) is 0.708. The zero-order valence-electron chi connectivity index (χ0n) is 15.4. The summed E-state index contributed by atoms with van der Waals surface area (Å²) < 4.78 is 20.1. The number of thiazole rings is 1. The summed E-state index contributed by atoms with van der Waals surface area (Å²) >= 11 is 1.51. The van der Waals surface area contributed by atoms with Crippen molar-refractivity contribution in [2.24, 2.45) is 0 Å². The molecule has 0 spiro atoms. The lowest BCUT2D eigenvalue weighted by atomic mass is 10.3. The molecular weight excluding hydrogens is 365 g/mol. The number of fused-ring (bicyclic) bond motifs is 1. The highest BCUT2D eigenvalue weighted by atomic mass is 32.1. The Hall–Kier alpha value is -2.51. The predicted molar refractivity (Wildman–Crippen MR) is 107 cm³/mol. The van der Waals surface area contributed by atoms with Crippen molar-refractivity contribution < 1.29 is 13.9 Å². The van der Waals surface area contributed by atoms with Crippen molar-refractivity contribution in [3.8, 4) is 5.75 Å². The van der Waals surface area contributed by atoms with Crippen molar-refractivity contribution in [3.05, 3.63) is 54.3 Å². The molecule has 5 nitrogen and oxygen atoms in total. The lowest BCUT2D eigenvalue weighted by Crippen LogP contribution is -2.40. The third-order valence-electron chi connectivity index (χ3n) is 4.10. The Bertz CT molecular complexity index is 882. The molecule has 0 N–H and O–H groups in total. The van der Waals surface area contributed by atoms with Crippen molar-refractivity contribution in [1.82, 2.24) is 9.88 Å². The van der Waals surface area contributed by atoms with E-state index in [1.54, 1.807) is 23.1 Å². The number of halogens is 1. The van der Waals surface area contributed by atoms with Crippen LogP contribution in [0.2, 0.25) is 0 Å². The summed E-state index contributed by atoms with van der Waals surface area (Å²) in [4.78, 5) is 20.8. The van der Waals surface area contributed by atoms with Gasteiger partial charge in [-0.05, 0) is 38.2 Å². The van der Waals surface area contributed by atoms with Crippen LogP contribution in [0.1, 0.15) is 6.92 Å². The molecule has 0 bridgehead atoms. The van der Waals surface area contributed by atoms with Gasteiger partial charge in [-0.1, -0.05) is 35.6 Å². The van der Waals surface area contributed by atoms with Gasteiger partial charge in [-0.2, -0.15) is 0 Å². The summed E-state index contributed by atoms with van der Waals surface area (Å²) in [7, 11) is 1.84. The monoisotopic (exact) mass is 387 g/mol. The smallest absolute Gasteiger partial charge is 0.242 e. The van der Waals surface area contributed by atoms with Gasteiger partial charge in [0, 0.05) is 13.1 Å². The van der Waals surface area contributed by atoms with Crippen LogP contribution in [-0.2, 0) is 4.79 Å². The van der Waals surface area contributed by atoms with E-state index >= 15 is 0 Å². The summed E-state index contributed by atoms with van der Waals surface area (Å²) in [6.07, 6.45) is 0. The average molecular weight is 387 g/mol. The van der Waals surface area contributed by atoms with Crippen molar-refractivity contribution >= 4 is 32.6 Å². The van der Waals surface area contributed by atoms with Crippen LogP contribution in [0.4, 0.5) is 9.52 Å². The van der Waals surface area contributed by atoms with E-state index in [2.05, 4.69) is 4.98 Å². The highest BCUT2D eigenvalue weighted by Crippen LogP contribution is 2.28. The molecule has 0 atom stereocenters. The number of hydrogen-bond donors (Lipinski definition) is 0. The second-order valence-electron chi connectivity index (χ2n) is 6.12. The predicted octanol–water partition coefficient (Wildman–Crippen LogP) is 3.80. The fraction of sp³-hybridized carbons (Fsp3) is 0.300. The van der Waals surface area contributed by atoms with Gasteiger partial charge in [0.15, 0.2) is 16.7 Å². The largest absolute Gasteiger partial charge is 0.489 e. The Balaban J connectivity index is 1.55. The number of nitrogens with zero attached hydrogens (tertiary/aromatic N) is 3. The highest BCUT2D eigenvalue weighted by Gasteiger charge is 2.19. The van der Waals surface area contributed by atoms with Crippen LogP contribution in [0.25, 0.3) is 10.2 Å². The zero-order chi connectivity index (χ0) is 19.2. The van der Waals surface area contributed by atoms with Crippen molar-refractivity contribution in [3.63, 3.8) is 0 Å². The number of anilines is 1. The van der Waals surface area contributed by atoms with Crippen LogP contribution in [0, 0.1) is 5.82 Å². The second-order valence-corrected chi connectivity index (χ2v) is 7.13. The molecule has 7 heteroatoms. The molecule has 0 fully saturated rings. The maximum absolute atomic E-state index is 13.5. The third-order valence-corrected chi connectivity index (χ3v) is 5.16. The molecule has 142 valence electrons. The van der Waals surface area contributed by atoms with Crippen molar-refractivity contribution in [2.45, 2.75) is 6.92 Å². The van der Waals surface area contributed by atoms with Crippen LogP contribution in [0.5, 0.6) is 5.75 Å². The Morgan fingerprint density at radius 2 is 1.93 bits per heavy atom. The Morgan fingerprint density at radius 1 is 1.19 bits per heavy atom. The number of carbonyl (C=O) groups excluding carboxylic acids is 1. The quantitative estimate of drug-likeness (QED) is 0.590. The molecule has 0 aliphatic rings. The average Bonchev–Trinajstić information content (AvgIpc) is 3.07. The molecule has 3 aromatic rings. The first-order chi connectivity index (χ1) is 13.1. The minimum absolute atomic E-state index is 0.0232. The van der Waals surface area contributed by atoms with Crippen LogP contribution < -0.4 is 9.64 Å². The first kappa shape index (κ1) is 19.3. The summed E-state index contributed by atoms with van der Waals surface area (Å²) in [5.41, 5.74) is 0.899. The summed E-state index contributed by atoms with van der Waals surface area (Å²) in [6.45, 7) is 3.54. The molecule has 0 unspecified atom stereocenters. The van der Waals surface area contributed by atoms with E-state index in [1.807, 2.05) is 43.1 Å². The van der Waals surface area contributed by atoms with E-state index in [0.717, 1.165) is 10.2 Å². The number of rotatable bonds is 8. The Kier molecular flexibility index (Phi) is 6.36. The van der Waals surface area contributed by atoms with Gasteiger partial charge in [0.25, 0.3) is 0 Å². The molecule has 2 aromatic carbocycles. The first-order valence-corrected chi connectivity index (χ1v) is 9.62. The lowest BCUT2D eigenvalue weighted by Gasteiger charge is -2.22.